The number of carbonyl (C=O) groups is 1. The number of ether oxygens (including phenoxy) is 1. The van der Waals surface area contributed by atoms with E-state index in [0.717, 1.165) is 10.6 Å². The van der Waals surface area contributed by atoms with Crippen molar-refractivity contribution in [3.8, 4) is 0 Å². The van der Waals surface area contributed by atoms with Gasteiger partial charge in [-0.3, -0.25) is 0 Å². The lowest BCUT2D eigenvalue weighted by Crippen LogP contribution is -2.13. The maximum atomic E-state index is 13.2. The molecular formula is C15H13ClF3N3O2. The SMILES string of the molecule is CC=C(C(=CC)C(F)(F)F)c1cn2nc(Cl)cc(C(=O)OC)c2n1. The minimum absolute atomic E-state index is 0.00763. The van der Waals surface area contributed by atoms with E-state index in [2.05, 4.69) is 14.8 Å². The fraction of sp³-hybridized carbons (Fsp3) is 0.267. The van der Waals surface area contributed by atoms with Crippen molar-refractivity contribution < 1.29 is 22.7 Å². The van der Waals surface area contributed by atoms with Gasteiger partial charge in [0.2, 0.25) is 0 Å². The molecule has 0 unspecified atom stereocenters. The van der Waals surface area contributed by atoms with Gasteiger partial charge in [-0.25, -0.2) is 14.3 Å². The molecule has 2 aromatic rings. The average Bonchev–Trinajstić information content (AvgIpc) is 2.92. The molecular weight excluding hydrogens is 347 g/mol. The third-order valence-electron chi connectivity index (χ3n) is 3.25. The minimum atomic E-state index is -4.54. The Morgan fingerprint density at radius 3 is 2.50 bits per heavy atom. The Labute approximate surface area is 140 Å². The van der Waals surface area contributed by atoms with Gasteiger partial charge >= 0.3 is 12.1 Å². The third kappa shape index (κ3) is 3.28. The Hall–Kier alpha value is -2.35. The molecule has 0 fully saturated rings. The highest BCUT2D eigenvalue weighted by atomic mass is 35.5. The van der Waals surface area contributed by atoms with Crippen LogP contribution in [0.4, 0.5) is 13.2 Å². The number of aromatic nitrogens is 3. The first-order valence-corrected chi connectivity index (χ1v) is 7.15. The summed E-state index contributed by atoms with van der Waals surface area (Å²) < 4.78 is 45.3. The first kappa shape index (κ1) is 18.0. The number of carbonyl (C=O) groups excluding carboxylic acids is 1. The summed E-state index contributed by atoms with van der Waals surface area (Å²) in [6, 6.07) is 1.25. The van der Waals surface area contributed by atoms with E-state index < -0.39 is 17.7 Å². The molecule has 0 N–H and O–H groups in total. The zero-order valence-electron chi connectivity index (χ0n) is 13.0. The lowest BCUT2D eigenvalue weighted by atomic mass is 10.0. The Kier molecular flexibility index (Phi) is 4.98. The van der Waals surface area contributed by atoms with Crippen molar-refractivity contribution >= 4 is 28.8 Å². The molecule has 0 saturated heterocycles. The van der Waals surface area contributed by atoms with Crippen LogP contribution in [0, 0.1) is 0 Å². The van der Waals surface area contributed by atoms with Gasteiger partial charge in [-0.05, 0) is 19.9 Å². The van der Waals surface area contributed by atoms with Gasteiger partial charge in [-0.2, -0.15) is 18.3 Å². The normalized spacial score (nSPS) is 13.5. The molecule has 0 atom stereocenters. The summed E-state index contributed by atoms with van der Waals surface area (Å²) in [6.07, 6.45) is -1.01. The zero-order valence-corrected chi connectivity index (χ0v) is 13.7. The number of allylic oxidation sites excluding steroid dienone is 4. The number of methoxy groups -OCH3 is 1. The van der Waals surface area contributed by atoms with Gasteiger partial charge in [0.05, 0.1) is 24.6 Å². The fourth-order valence-corrected chi connectivity index (χ4v) is 2.44. The molecule has 2 rings (SSSR count). The predicted octanol–water partition coefficient (Wildman–Crippen LogP) is 4.08. The van der Waals surface area contributed by atoms with E-state index in [9.17, 15) is 18.0 Å². The number of rotatable bonds is 3. The van der Waals surface area contributed by atoms with Crippen molar-refractivity contribution in [2.24, 2.45) is 0 Å². The number of nitrogens with zero attached hydrogens (tertiary/aromatic N) is 3. The van der Waals surface area contributed by atoms with E-state index in [1.807, 2.05) is 0 Å². The van der Waals surface area contributed by atoms with Crippen LogP contribution in [0.2, 0.25) is 5.15 Å². The lowest BCUT2D eigenvalue weighted by Gasteiger charge is -2.13. The number of hydrogen-bond acceptors (Lipinski definition) is 4. The summed E-state index contributed by atoms with van der Waals surface area (Å²) in [5, 5.41) is 3.90. The van der Waals surface area contributed by atoms with Crippen LogP contribution in [-0.2, 0) is 4.74 Å². The minimum Gasteiger partial charge on any atom is -0.465 e. The smallest absolute Gasteiger partial charge is 0.416 e. The molecule has 0 aliphatic heterocycles. The molecule has 24 heavy (non-hydrogen) atoms. The number of alkyl halides is 3. The summed E-state index contributed by atoms with van der Waals surface area (Å²) in [5.41, 5.74) is -0.879. The Morgan fingerprint density at radius 2 is 2.00 bits per heavy atom. The van der Waals surface area contributed by atoms with E-state index >= 15 is 0 Å². The summed E-state index contributed by atoms with van der Waals surface area (Å²) in [5.74, 6) is -0.717. The first-order valence-electron chi connectivity index (χ1n) is 6.77. The van der Waals surface area contributed by atoms with Gasteiger partial charge in [0.25, 0.3) is 0 Å². The number of halogens is 4. The van der Waals surface area contributed by atoms with E-state index in [0.29, 0.717) is 0 Å². The molecule has 0 aromatic carbocycles. The first-order chi connectivity index (χ1) is 11.2. The van der Waals surface area contributed by atoms with Crippen molar-refractivity contribution in [2.45, 2.75) is 20.0 Å². The van der Waals surface area contributed by atoms with Crippen LogP contribution in [0.15, 0.2) is 30.0 Å². The van der Waals surface area contributed by atoms with Crippen molar-refractivity contribution in [3.05, 3.63) is 46.4 Å². The lowest BCUT2D eigenvalue weighted by molar-refractivity contribution is -0.0872. The monoisotopic (exact) mass is 359 g/mol. The second-order valence-corrected chi connectivity index (χ2v) is 5.06. The Balaban J connectivity index is 2.68. The van der Waals surface area contributed by atoms with Crippen LogP contribution in [0.25, 0.3) is 11.2 Å². The molecule has 128 valence electrons. The van der Waals surface area contributed by atoms with Gasteiger partial charge in [0.15, 0.2) is 10.8 Å². The number of esters is 1. The molecule has 0 amide bonds. The third-order valence-corrected chi connectivity index (χ3v) is 3.43. The maximum absolute atomic E-state index is 13.2. The van der Waals surface area contributed by atoms with Crippen LogP contribution in [0.3, 0.4) is 0 Å². The Bertz CT molecular complexity index is 854. The number of imidazole rings is 1. The quantitative estimate of drug-likeness (QED) is 0.612. The molecule has 0 spiro atoms. The molecule has 0 radical (unpaired) electrons. The van der Waals surface area contributed by atoms with Crippen molar-refractivity contribution in [3.63, 3.8) is 0 Å². The highest BCUT2D eigenvalue weighted by Gasteiger charge is 2.36. The summed E-state index contributed by atoms with van der Waals surface area (Å²) in [4.78, 5) is 15.9. The van der Waals surface area contributed by atoms with Crippen molar-refractivity contribution in [2.75, 3.05) is 7.11 Å². The maximum Gasteiger partial charge on any atom is 0.416 e. The molecule has 0 aliphatic carbocycles. The fourth-order valence-electron chi connectivity index (χ4n) is 2.25. The van der Waals surface area contributed by atoms with Crippen LogP contribution >= 0.6 is 11.6 Å². The zero-order chi connectivity index (χ0) is 18.1. The molecule has 2 aromatic heterocycles. The van der Waals surface area contributed by atoms with Crippen LogP contribution in [-0.4, -0.2) is 33.9 Å². The predicted molar refractivity (Wildman–Crippen MR) is 82.8 cm³/mol. The molecule has 9 heteroatoms. The topological polar surface area (TPSA) is 56.5 Å². The highest BCUT2D eigenvalue weighted by Crippen LogP contribution is 2.36. The van der Waals surface area contributed by atoms with E-state index in [1.54, 1.807) is 0 Å². The van der Waals surface area contributed by atoms with E-state index in [-0.39, 0.29) is 27.6 Å². The molecule has 0 aliphatic rings. The largest absolute Gasteiger partial charge is 0.465 e. The second-order valence-electron chi connectivity index (χ2n) is 4.67. The van der Waals surface area contributed by atoms with Gasteiger partial charge in [0.1, 0.15) is 5.56 Å². The molecule has 5 nitrogen and oxygen atoms in total. The van der Waals surface area contributed by atoms with E-state index in [1.165, 1.54) is 39.3 Å². The van der Waals surface area contributed by atoms with Gasteiger partial charge in [0, 0.05) is 5.57 Å². The van der Waals surface area contributed by atoms with Crippen molar-refractivity contribution in [1.82, 2.24) is 14.6 Å². The van der Waals surface area contributed by atoms with Gasteiger partial charge in [-0.1, -0.05) is 23.8 Å². The standard InChI is InChI=1S/C15H13ClF3N3O2/c1-4-8(10(5-2)15(17,18)19)11-7-22-13(20-11)9(14(23)24-3)6-12(16)21-22/h4-7H,1-3H3. The molecule has 0 saturated carbocycles. The van der Waals surface area contributed by atoms with Crippen molar-refractivity contribution in [1.29, 1.82) is 0 Å². The molecule has 2 heterocycles. The van der Waals surface area contributed by atoms with E-state index in [4.69, 9.17) is 11.6 Å². The molecule has 0 bridgehead atoms. The van der Waals surface area contributed by atoms with Gasteiger partial charge < -0.3 is 4.74 Å². The highest BCUT2D eigenvalue weighted by molar-refractivity contribution is 6.29. The number of fused-ring (bicyclic) bond motifs is 1. The van der Waals surface area contributed by atoms with Gasteiger partial charge in [-0.15, -0.1) is 0 Å². The van der Waals surface area contributed by atoms with Crippen LogP contribution in [0.1, 0.15) is 29.9 Å². The van der Waals surface area contributed by atoms with Crippen LogP contribution in [0.5, 0.6) is 0 Å². The number of hydrogen-bond donors (Lipinski definition) is 0. The summed E-state index contributed by atoms with van der Waals surface area (Å²) in [7, 11) is 1.18. The summed E-state index contributed by atoms with van der Waals surface area (Å²) >= 11 is 5.84. The Morgan fingerprint density at radius 1 is 1.33 bits per heavy atom. The average molecular weight is 360 g/mol. The second kappa shape index (κ2) is 6.64. The summed E-state index contributed by atoms with van der Waals surface area (Å²) in [6.45, 7) is 2.76. The van der Waals surface area contributed by atoms with Crippen LogP contribution < -0.4 is 0 Å².